The fraction of sp³-hybridized carbons (Fsp3) is 0.273. The molecule has 2 aromatic rings. The zero-order valence-electron chi connectivity index (χ0n) is 16.4. The molecule has 31 heavy (non-hydrogen) atoms. The fourth-order valence-electron chi connectivity index (χ4n) is 3.77. The van der Waals surface area contributed by atoms with E-state index in [4.69, 9.17) is 9.47 Å². The number of hydrogen-bond acceptors (Lipinski definition) is 4. The molecule has 1 saturated heterocycles. The molecule has 9 heteroatoms. The lowest BCUT2D eigenvalue weighted by Crippen LogP contribution is -2.38. The SMILES string of the molecule is COc1cc(C2CC(=O)NC3=NCC=C32)cc(F)c1OCc1ccccc1C(F)(F)F. The number of carbonyl (C=O) groups is 1. The number of nitrogens with one attached hydrogen (secondary N) is 1. The van der Waals surface area contributed by atoms with Crippen LogP contribution in [-0.2, 0) is 17.6 Å². The molecule has 1 atom stereocenters. The third kappa shape index (κ3) is 4.12. The summed E-state index contributed by atoms with van der Waals surface area (Å²) in [5, 5.41) is 2.69. The lowest BCUT2D eigenvalue weighted by Gasteiger charge is -2.26. The number of benzene rings is 2. The van der Waals surface area contributed by atoms with Gasteiger partial charge in [0.1, 0.15) is 12.4 Å². The van der Waals surface area contributed by atoms with Gasteiger partial charge in [-0.2, -0.15) is 13.2 Å². The number of hydrogen-bond donors (Lipinski definition) is 1. The van der Waals surface area contributed by atoms with Crippen molar-refractivity contribution in [3.8, 4) is 11.5 Å². The second kappa shape index (κ2) is 8.05. The molecule has 1 fully saturated rings. The molecule has 2 heterocycles. The highest BCUT2D eigenvalue weighted by Gasteiger charge is 2.34. The third-order valence-corrected chi connectivity index (χ3v) is 5.21. The maximum atomic E-state index is 15.0. The number of aliphatic imine (C=N–C) groups is 1. The Labute approximate surface area is 175 Å². The number of methoxy groups -OCH3 is 1. The Kier molecular flexibility index (Phi) is 5.43. The van der Waals surface area contributed by atoms with Gasteiger partial charge >= 0.3 is 6.18 Å². The minimum atomic E-state index is -4.55. The number of fused-ring (bicyclic) bond motifs is 1. The van der Waals surface area contributed by atoms with Crippen molar-refractivity contribution in [3.63, 3.8) is 0 Å². The summed E-state index contributed by atoms with van der Waals surface area (Å²) in [4.78, 5) is 16.2. The van der Waals surface area contributed by atoms with Crippen LogP contribution in [0, 0.1) is 5.82 Å². The molecule has 2 aliphatic rings. The van der Waals surface area contributed by atoms with Crippen LogP contribution in [0.15, 0.2) is 53.0 Å². The van der Waals surface area contributed by atoms with Crippen LogP contribution in [0.1, 0.15) is 29.0 Å². The van der Waals surface area contributed by atoms with Gasteiger partial charge in [-0.05, 0) is 23.8 Å². The summed E-state index contributed by atoms with van der Waals surface area (Å²) in [7, 11) is 1.31. The molecular weight excluding hydrogens is 416 g/mol. The zero-order valence-corrected chi connectivity index (χ0v) is 16.4. The summed E-state index contributed by atoms with van der Waals surface area (Å²) >= 11 is 0. The molecule has 162 valence electrons. The van der Waals surface area contributed by atoms with Gasteiger partial charge in [-0.1, -0.05) is 24.3 Å². The molecule has 0 aromatic heterocycles. The third-order valence-electron chi connectivity index (χ3n) is 5.21. The van der Waals surface area contributed by atoms with Crippen molar-refractivity contribution >= 4 is 11.7 Å². The number of alkyl halides is 3. The Morgan fingerprint density at radius 1 is 1.23 bits per heavy atom. The van der Waals surface area contributed by atoms with E-state index in [9.17, 15) is 22.4 Å². The van der Waals surface area contributed by atoms with Gasteiger partial charge in [-0.15, -0.1) is 0 Å². The molecule has 1 unspecified atom stereocenters. The molecule has 1 amide bonds. The van der Waals surface area contributed by atoms with Crippen molar-refractivity contribution in [2.24, 2.45) is 4.99 Å². The van der Waals surface area contributed by atoms with E-state index < -0.39 is 30.1 Å². The van der Waals surface area contributed by atoms with E-state index >= 15 is 0 Å². The first-order valence-electron chi connectivity index (χ1n) is 9.48. The summed E-state index contributed by atoms with van der Waals surface area (Å²) < 4.78 is 65.2. The van der Waals surface area contributed by atoms with E-state index in [0.717, 1.165) is 11.6 Å². The number of nitrogens with zero attached hydrogens (tertiary/aromatic N) is 1. The minimum absolute atomic E-state index is 0.0301. The smallest absolute Gasteiger partial charge is 0.416 e. The normalized spacial score (nSPS) is 18.1. The number of ether oxygens (including phenoxy) is 2. The maximum absolute atomic E-state index is 15.0. The van der Waals surface area contributed by atoms with Crippen molar-refractivity contribution in [2.45, 2.75) is 25.1 Å². The largest absolute Gasteiger partial charge is 0.493 e. The second-order valence-corrected chi connectivity index (χ2v) is 7.13. The van der Waals surface area contributed by atoms with Crippen LogP contribution in [-0.4, -0.2) is 25.4 Å². The van der Waals surface area contributed by atoms with Gasteiger partial charge in [0.05, 0.1) is 19.2 Å². The Balaban J connectivity index is 1.63. The minimum Gasteiger partial charge on any atom is -0.493 e. The summed E-state index contributed by atoms with van der Waals surface area (Å²) in [5.74, 6) is -1.21. The lowest BCUT2D eigenvalue weighted by atomic mass is 9.85. The van der Waals surface area contributed by atoms with Gasteiger partial charge in [-0.3, -0.25) is 9.79 Å². The molecule has 4 rings (SSSR count). The number of amidine groups is 1. The molecule has 0 radical (unpaired) electrons. The van der Waals surface area contributed by atoms with Gasteiger partial charge in [-0.25, -0.2) is 4.39 Å². The van der Waals surface area contributed by atoms with Crippen molar-refractivity contribution in [2.75, 3.05) is 13.7 Å². The first-order chi connectivity index (χ1) is 14.8. The highest BCUT2D eigenvalue weighted by atomic mass is 19.4. The standard InChI is InChI=1S/C22H18F4N2O3/c1-30-18-9-13(15-10-19(29)28-21-14(15)6-7-27-21)8-17(23)20(18)31-11-12-4-2-3-5-16(12)22(24,25)26/h2-6,8-9,15H,7,10-11H2,1H3,(H,27,28,29). The van der Waals surface area contributed by atoms with Crippen LogP contribution in [0.5, 0.6) is 11.5 Å². The van der Waals surface area contributed by atoms with Crippen molar-refractivity contribution in [1.82, 2.24) is 5.32 Å². The van der Waals surface area contributed by atoms with Gasteiger partial charge < -0.3 is 14.8 Å². The predicted octanol–water partition coefficient (Wildman–Crippen LogP) is 4.37. The van der Waals surface area contributed by atoms with Crippen LogP contribution in [0.3, 0.4) is 0 Å². The average Bonchev–Trinajstić information content (AvgIpc) is 3.19. The molecule has 0 bridgehead atoms. The summed E-state index contributed by atoms with van der Waals surface area (Å²) in [6, 6.07) is 7.69. The van der Waals surface area contributed by atoms with Crippen LogP contribution < -0.4 is 14.8 Å². The number of amides is 1. The summed E-state index contributed by atoms with van der Waals surface area (Å²) in [6.07, 6.45) is -2.57. The second-order valence-electron chi connectivity index (χ2n) is 7.13. The van der Waals surface area contributed by atoms with Crippen molar-refractivity contribution in [1.29, 1.82) is 0 Å². The van der Waals surface area contributed by atoms with Gasteiger partial charge in [0.2, 0.25) is 5.91 Å². The number of piperidine rings is 1. The highest BCUT2D eigenvalue weighted by molar-refractivity contribution is 6.12. The number of halogens is 4. The first kappa shape index (κ1) is 20.9. The molecule has 1 N–H and O–H groups in total. The average molecular weight is 434 g/mol. The summed E-state index contributed by atoms with van der Waals surface area (Å²) in [6.45, 7) is -0.0586. The topological polar surface area (TPSA) is 59.9 Å². The Morgan fingerprint density at radius 2 is 2.00 bits per heavy atom. The molecule has 0 aliphatic carbocycles. The Morgan fingerprint density at radius 3 is 2.74 bits per heavy atom. The van der Waals surface area contributed by atoms with Crippen LogP contribution in [0.4, 0.5) is 17.6 Å². The number of rotatable bonds is 5. The van der Waals surface area contributed by atoms with E-state index in [0.29, 0.717) is 17.9 Å². The maximum Gasteiger partial charge on any atom is 0.416 e. The van der Waals surface area contributed by atoms with E-state index in [1.54, 1.807) is 0 Å². The first-order valence-corrected chi connectivity index (χ1v) is 9.48. The van der Waals surface area contributed by atoms with Gasteiger partial charge in [0.25, 0.3) is 0 Å². The number of carbonyl (C=O) groups excluding carboxylic acids is 1. The van der Waals surface area contributed by atoms with E-state index in [2.05, 4.69) is 10.3 Å². The van der Waals surface area contributed by atoms with E-state index in [1.165, 1.54) is 37.4 Å². The Bertz CT molecular complexity index is 1090. The fourth-order valence-corrected chi connectivity index (χ4v) is 3.77. The molecule has 0 spiro atoms. The molecule has 2 aliphatic heterocycles. The van der Waals surface area contributed by atoms with Crippen molar-refractivity contribution < 1.29 is 31.8 Å². The predicted molar refractivity (Wildman–Crippen MR) is 105 cm³/mol. The molecule has 5 nitrogen and oxygen atoms in total. The lowest BCUT2D eigenvalue weighted by molar-refractivity contribution is -0.138. The molecule has 2 aromatic carbocycles. The molecular formula is C22H18F4N2O3. The van der Waals surface area contributed by atoms with Gasteiger partial charge in [0, 0.05) is 23.5 Å². The highest BCUT2D eigenvalue weighted by Crippen LogP contribution is 2.40. The van der Waals surface area contributed by atoms with E-state index in [-0.39, 0.29) is 29.4 Å². The molecule has 0 saturated carbocycles. The summed E-state index contributed by atoms with van der Waals surface area (Å²) in [5.41, 5.74) is 0.322. The van der Waals surface area contributed by atoms with Crippen LogP contribution in [0.25, 0.3) is 0 Å². The Hall–Kier alpha value is -3.36. The van der Waals surface area contributed by atoms with Gasteiger partial charge in [0.15, 0.2) is 17.3 Å². The monoisotopic (exact) mass is 434 g/mol. The zero-order chi connectivity index (χ0) is 22.2. The quantitative estimate of drug-likeness (QED) is 0.711. The van der Waals surface area contributed by atoms with E-state index in [1.807, 2.05) is 6.08 Å². The van der Waals surface area contributed by atoms with Crippen LogP contribution >= 0.6 is 0 Å². The van der Waals surface area contributed by atoms with Crippen molar-refractivity contribution in [3.05, 3.63) is 70.6 Å². The van der Waals surface area contributed by atoms with Crippen LogP contribution in [0.2, 0.25) is 0 Å².